The van der Waals surface area contributed by atoms with Gasteiger partial charge in [0.2, 0.25) is 15.9 Å². The molecule has 0 spiro atoms. The van der Waals surface area contributed by atoms with Crippen LogP contribution in [0.2, 0.25) is 5.02 Å². The minimum Gasteiger partial charge on any atom is -0.350 e. The Morgan fingerprint density at radius 1 is 1.00 bits per heavy atom. The van der Waals surface area contributed by atoms with E-state index in [1.807, 2.05) is 24.3 Å². The second kappa shape index (κ2) is 14.8. The number of benzene rings is 2. The van der Waals surface area contributed by atoms with Crippen LogP contribution in [0.5, 0.6) is 0 Å². The van der Waals surface area contributed by atoms with Gasteiger partial charge in [-0.3, -0.25) is 4.79 Å². The third-order valence-electron chi connectivity index (χ3n) is 6.53. The monoisotopic (exact) mass is 580 g/mol. The molecule has 0 radical (unpaired) electrons. The highest BCUT2D eigenvalue weighted by Gasteiger charge is 2.40. The van der Waals surface area contributed by atoms with Crippen molar-refractivity contribution in [2.45, 2.75) is 62.9 Å². The van der Waals surface area contributed by atoms with Gasteiger partial charge in [-0.15, -0.1) is 11.8 Å². The van der Waals surface area contributed by atoms with Crippen LogP contribution in [0.4, 0.5) is 4.79 Å². The zero-order chi connectivity index (χ0) is 27.5. The van der Waals surface area contributed by atoms with Crippen LogP contribution >= 0.6 is 23.4 Å². The molecule has 1 heterocycles. The summed E-state index contributed by atoms with van der Waals surface area (Å²) >= 11 is 7.19. The van der Waals surface area contributed by atoms with Crippen molar-refractivity contribution in [2.24, 2.45) is 5.92 Å². The number of hydrogen-bond donors (Lipinski definition) is 3. The topological polar surface area (TPSA) is 108 Å². The van der Waals surface area contributed by atoms with Crippen molar-refractivity contribution in [1.82, 2.24) is 20.3 Å². The summed E-state index contributed by atoms with van der Waals surface area (Å²) in [7, 11) is -3.81. The number of carbonyl (C=O) groups excluding carboxylic acids is 2. The summed E-state index contributed by atoms with van der Waals surface area (Å²) in [5, 5.41) is 8.32. The Balaban J connectivity index is 1.46. The molecule has 8 nitrogen and oxygen atoms in total. The molecule has 0 aromatic heterocycles. The quantitative estimate of drug-likeness (QED) is 0.317. The first kappa shape index (κ1) is 30.3. The van der Waals surface area contributed by atoms with Gasteiger partial charge in [0.05, 0.1) is 4.90 Å². The second-order valence-corrected chi connectivity index (χ2v) is 12.8. The highest BCUT2D eigenvalue weighted by atomic mass is 35.5. The molecule has 3 rings (SSSR count). The fraction of sp³-hybridized carbons (Fsp3) is 0.481. The Morgan fingerprint density at radius 3 is 2.24 bits per heavy atom. The summed E-state index contributed by atoms with van der Waals surface area (Å²) in [5.74, 6) is 0.692. The largest absolute Gasteiger partial charge is 0.350 e. The lowest BCUT2D eigenvalue weighted by molar-refractivity contribution is -0.122. The van der Waals surface area contributed by atoms with E-state index in [2.05, 4.69) is 29.8 Å². The Morgan fingerprint density at radius 2 is 1.63 bits per heavy atom. The fourth-order valence-corrected chi connectivity index (χ4v) is 7.35. The van der Waals surface area contributed by atoms with Crippen LogP contribution in [0.1, 0.15) is 50.7 Å². The molecule has 0 saturated carbocycles. The zero-order valence-corrected chi connectivity index (χ0v) is 24.3. The van der Waals surface area contributed by atoms with Crippen LogP contribution in [0.25, 0.3) is 0 Å². The molecule has 38 heavy (non-hydrogen) atoms. The lowest BCUT2D eigenvalue weighted by atomic mass is 9.99. The predicted molar refractivity (Wildman–Crippen MR) is 153 cm³/mol. The standard InChI is InChI=1S/C27H37ClN4O4S2/c1-3-5-6-20(4-2)17-30-27(34)31-19-22-9-7-21(8-10-22)18-29-25(33)26-32(15-16-37-26)38(35,36)24-13-11-23(28)12-14-24/h7-14,20,26H,3-6,15-19H2,1-2H3,(H,29,33)(H2,30,31,34). The van der Waals surface area contributed by atoms with E-state index in [-0.39, 0.29) is 29.9 Å². The average molecular weight is 581 g/mol. The van der Waals surface area contributed by atoms with E-state index < -0.39 is 15.4 Å². The Hall–Kier alpha value is -2.27. The smallest absolute Gasteiger partial charge is 0.315 e. The van der Waals surface area contributed by atoms with E-state index in [1.54, 1.807) is 0 Å². The highest BCUT2D eigenvalue weighted by Crippen LogP contribution is 2.30. The van der Waals surface area contributed by atoms with Crippen molar-refractivity contribution in [3.8, 4) is 0 Å². The minimum absolute atomic E-state index is 0.113. The van der Waals surface area contributed by atoms with Gasteiger partial charge in [0.15, 0.2) is 0 Å². The van der Waals surface area contributed by atoms with Crippen molar-refractivity contribution in [3.05, 3.63) is 64.7 Å². The summed E-state index contributed by atoms with van der Waals surface area (Å²) in [6.07, 6.45) is 4.51. The first-order valence-electron chi connectivity index (χ1n) is 13.0. The zero-order valence-electron chi connectivity index (χ0n) is 21.9. The molecule has 1 aliphatic rings. The number of carbonyl (C=O) groups is 2. The van der Waals surface area contributed by atoms with E-state index in [4.69, 9.17) is 11.6 Å². The molecule has 3 amide bonds. The van der Waals surface area contributed by atoms with Gasteiger partial charge in [-0.05, 0) is 47.7 Å². The van der Waals surface area contributed by atoms with Gasteiger partial charge >= 0.3 is 6.03 Å². The third kappa shape index (κ3) is 8.62. The number of amides is 3. The van der Waals surface area contributed by atoms with Gasteiger partial charge in [0, 0.05) is 37.0 Å². The maximum Gasteiger partial charge on any atom is 0.315 e. The molecule has 1 fully saturated rings. The maximum atomic E-state index is 13.1. The molecule has 1 saturated heterocycles. The number of unbranched alkanes of at least 4 members (excludes halogenated alkanes) is 1. The molecule has 2 unspecified atom stereocenters. The summed E-state index contributed by atoms with van der Waals surface area (Å²) in [5.41, 5.74) is 1.82. The molecule has 208 valence electrons. The van der Waals surface area contributed by atoms with Gasteiger partial charge in [0.25, 0.3) is 0 Å². The second-order valence-electron chi connectivity index (χ2n) is 9.31. The predicted octanol–water partition coefficient (Wildman–Crippen LogP) is 4.74. The highest BCUT2D eigenvalue weighted by molar-refractivity contribution is 8.02. The SMILES string of the molecule is CCCCC(CC)CNC(=O)NCc1ccc(CNC(=O)C2SCCN2S(=O)(=O)c2ccc(Cl)cc2)cc1. The van der Waals surface area contributed by atoms with Gasteiger partial charge in [-0.25, -0.2) is 13.2 Å². The number of sulfonamides is 1. The summed E-state index contributed by atoms with van der Waals surface area (Å²) in [4.78, 5) is 25.2. The number of nitrogens with zero attached hydrogens (tertiary/aromatic N) is 1. The van der Waals surface area contributed by atoms with Crippen molar-refractivity contribution in [3.63, 3.8) is 0 Å². The van der Waals surface area contributed by atoms with Crippen molar-refractivity contribution >= 4 is 45.3 Å². The van der Waals surface area contributed by atoms with Gasteiger partial charge in [0.1, 0.15) is 5.37 Å². The molecule has 2 aromatic carbocycles. The third-order valence-corrected chi connectivity index (χ3v) is 10.00. The van der Waals surface area contributed by atoms with Crippen molar-refractivity contribution in [1.29, 1.82) is 0 Å². The minimum atomic E-state index is -3.81. The Bertz CT molecular complexity index is 1160. The van der Waals surface area contributed by atoms with Crippen molar-refractivity contribution in [2.75, 3.05) is 18.8 Å². The normalized spacial score (nSPS) is 16.7. The van der Waals surface area contributed by atoms with Gasteiger partial charge in [-0.2, -0.15) is 4.31 Å². The van der Waals surface area contributed by atoms with E-state index in [0.717, 1.165) is 30.4 Å². The average Bonchev–Trinajstić information content (AvgIpc) is 3.43. The number of thioether (sulfide) groups is 1. The molecule has 3 N–H and O–H groups in total. The van der Waals surface area contributed by atoms with E-state index in [1.165, 1.54) is 46.8 Å². The number of urea groups is 1. The fourth-order valence-electron chi connectivity index (χ4n) is 4.13. The van der Waals surface area contributed by atoms with Crippen LogP contribution in [-0.2, 0) is 27.9 Å². The summed E-state index contributed by atoms with van der Waals surface area (Å²) in [6, 6.07) is 13.3. The first-order chi connectivity index (χ1) is 18.2. The van der Waals surface area contributed by atoms with E-state index in [0.29, 0.717) is 29.8 Å². The van der Waals surface area contributed by atoms with Gasteiger partial charge in [-0.1, -0.05) is 69.0 Å². The Kier molecular flexibility index (Phi) is 11.8. The van der Waals surface area contributed by atoms with Crippen LogP contribution in [-0.4, -0.2) is 48.9 Å². The first-order valence-corrected chi connectivity index (χ1v) is 15.9. The van der Waals surface area contributed by atoms with Crippen LogP contribution in [0, 0.1) is 5.92 Å². The molecule has 0 bridgehead atoms. The molecular weight excluding hydrogens is 544 g/mol. The Labute approximate surface area is 235 Å². The summed E-state index contributed by atoms with van der Waals surface area (Å²) in [6.45, 7) is 5.94. The lowest BCUT2D eigenvalue weighted by Gasteiger charge is -2.22. The lowest BCUT2D eigenvalue weighted by Crippen LogP contribution is -2.44. The number of rotatable bonds is 13. The number of nitrogens with one attached hydrogen (secondary N) is 3. The van der Waals surface area contributed by atoms with Crippen molar-refractivity contribution < 1.29 is 18.0 Å². The molecular formula is C27H37ClN4O4S2. The van der Waals surface area contributed by atoms with E-state index >= 15 is 0 Å². The maximum absolute atomic E-state index is 13.1. The van der Waals surface area contributed by atoms with Gasteiger partial charge < -0.3 is 16.0 Å². The molecule has 11 heteroatoms. The molecule has 2 atom stereocenters. The number of hydrogen-bond acceptors (Lipinski definition) is 5. The van der Waals surface area contributed by atoms with Crippen LogP contribution in [0.15, 0.2) is 53.4 Å². The van der Waals surface area contributed by atoms with E-state index in [9.17, 15) is 18.0 Å². The number of halogens is 1. The van der Waals surface area contributed by atoms with Crippen LogP contribution < -0.4 is 16.0 Å². The summed E-state index contributed by atoms with van der Waals surface area (Å²) < 4.78 is 27.4. The molecule has 0 aliphatic carbocycles. The molecule has 1 aliphatic heterocycles. The van der Waals surface area contributed by atoms with Crippen LogP contribution in [0.3, 0.4) is 0 Å². The molecule has 2 aromatic rings.